The van der Waals surface area contributed by atoms with Gasteiger partial charge < -0.3 is 25.1 Å². The lowest BCUT2D eigenvalue weighted by Gasteiger charge is -2.24. The zero-order valence-electron chi connectivity index (χ0n) is 13.5. The topological polar surface area (TPSA) is 109 Å². The first-order valence-corrected chi connectivity index (χ1v) is 8.41. The van der Waals surface area contributed by atoms with Gasteiger partial charge in [0, 0.05) is 0 Å². The molecule has 0 saturated carbocycles. The van der Waals surface area contributed by atoms with Crippen LogP contribution < -0.4 is 10.3 Å². The molecule has 2 fully saturated rings. The monoisotopic (exact) mass is 400 g/mol. The van der Waals surface area contributed by atoms with Crippen molar-refractivity contribution in [3.8, 4) is 0 Å². The Morgan fingerprint density at radius 1 is 1.42 bits per heavy atom. The fourth-order valence-corrected chi connectivity index (χ4v) is 3.85. The Kier molecular flexibility index (Phi) is 3.59. The third-order valence-corrected chi connectivity index (χ3v) is 4.94. The molecule has 4 rings (SSSR count). The number of imidazole rings is 1. The maximum atomic E-state index is 9.63. The lowest BCUT2D eigenvalue weighted by molar-refractivity contribution is -0.658. The van der Waals surface area contributed by atoms with Gasteiger partial charge in [0.1, 0.15) is 18.3 Å². The van der Waals surface area contributed by atoms with Crippen molar-refractivity contribution < 1.29 is 23.9 Å². The van der Waals surface area contributed by atoms with Gasteiger partial charge >= 0.3 is 0 Å². The second-order valence-corrected chi connectivity index (χ2v) is 7.19. The number of fused-ring (bicyclic) bond motifs is 2. The molecule has 2 aliphatic rings. The van der Waals surface area contributed by atoms with E-state index in [-0.39, 0.29) is 18.8 Å². The molecule has 0 bridgehead atoms. The Bertz CT molecular complexity index is 810. The Morgan fingerprint density at radius 3 is 2.83 bits per heavy atom. The average molecular weight is 401 g/mol. The number of rotatable bonds is 2. The van der Waals surface area contributed by atoms with E-state index in [1.54, 1.807) is 22.5 Å². The van der Waals surface area contributed by atoms with E-state index in [0.717, 1.165) is 0 Å². The Labute approximate surface area is 146 Å². The van der Waals surface area contributed by atoms with E-state index in [9.17, 15) is 5.11 Å². The Morgan fingerprint density at radius 2 is 2.12 bits per heavy atom. The summed E-state index contributed by atoms with van der Waals surface area (Å²) in [5.74, 6) is -0.247. The lowest BCUT2D eigenvalue weighted by Crippen LogP contribution is -2.33. The van der Waals surface area contributed by atoms with Gasteiger partial charge in [0.2, 0.25) is 12.0 Å². The highest BCUT2D eigenvalue weighted by Gasteiger charge is 2.56. The summed E-state index contributed by atoms with van der Waals surface area (Å²) in [5.41, 5.74) is 7.24. The molecule has 24 heavy (non-hydrogen) atoms. The lowest BCUT2D eigenvalue weighted by atomic mass is 10.1. The second kappa shape index (κ2) is 5.33. The van der Waals surface area contributed by atoms with Crippen LogP contribution in [0.5, 0.6) is 0 Å². The van der Waals surface area contributed by atoms with Gasteiger partial charge in [-0.25, -0.2) is 9.55 Å². The zero-order chi connectivity index (χ0) is 17.2. The van der Waals surface area contributed by atoms with Crippen molar-refractivity contribution in [3.63, 3.8) is 0 Å². The minimum absolute atomic E-state index is 0.161. The number of aromatic nitrogens is 4. The van der Waals surface area contributed by atoms with Gasteiger partial charge in [-0.2, -0.15) is 0 Å². The number of anilines is 1. The summed E-state index contributed by atoms with van der Waals surface area (Å²) in [4.78, 5) is 8.87. The van der Waals surface area contributed by atoms with Crippen LogP contribution in [-0.4, -0.2) is 50.3 Å². The van der Waals surface area contributed by atoms with Gasteiger partial charge in [-0.05, 0) is 29.8 Å². The van der Waals surface area contributed by atoms with Crippen LogP contribution in [0.3, 0.4) is 0 Å². The van der Waals surface area contributed by atoms with Crippen molar-refractivity contribution >= 4 is 32.9 Å². The van der Waals surface area contributed by atoms with Crippen molar-refractivity contribution in [2.45, 2.75) is 44.2 Å². The number of aryl methyl sites for hydroxylation is 1. The molecule has 10 heteroatoms. The maximum absolute atomic E-state index is 9.63. The van der Waals surface area contributed by atoms with Crippen LogP contribution in [0, 0.1) is 0 Å². The molecule has 130 valence electrons. The predicted molar refractivity (Wildman–Crippen MR) is 85.6 cm³/mol. The number of halogens is 1. The van der Waals surface area contributed by atoms with Crippen LogP contribution in [0.15, 0.2) is 11.1 Å². The molecule has 0 radical (unpaired) electrons. The number of ether oxygens (including phenoxy) is 3. The van der Waals surface area contributed by atoms with E-state index < -0.39 is 18.1 Å². The molecule has 0 unspecified atom stereocenters. The molecule has 0 aromatic carbocycles. The highest BCUT2D eigenvalue weighted by atomic mass is 79.9. The number of hydrogen-bond acceptors (Lipinski definition) is 7. The maximum Gasteiger partial charge on any atom is 0.250 e. The zero-order valence-corrected chi connectivity index (χ0v) is 15.1. The van der Waals surface area contributed by atoms with Gasteiger partial charge in [0.15, 0.2) is 22.3 Å². The molecule has 4 atom stereocenters. The molecule has 3 N–H and O–H groups in total. The number of aliphatic hydroxyl groups excluding tert-OH is 1. The fourth-order valence-electron chi connectivity index (χ4n) is 3.30. The summed E-state index contributed by atoms with van der Waals surface area (Å²) in [5, 5.41) is 9.63. The molecule has 9 nitrogen and oxygen atoms in total. The largest absolute Gasteiger partial charge is 0.394 e. The standard InChI is InChI=1S/C14H18BrN5O4/c1-14(2)23-8-6(4-21)22-12(9(8)24-14)20-11-7(18-13(20)15)10(16)19(3)5-17-11/h5-6,8-9,12,16,21H,4H2,1-3H3/p+1/t6-,8-,9-,12-/m1/s1. The normalized spacial score (nSPS) is 31.7. The third kappa shape index (κ3) is 2.25. The van der Waals surface area contributed by atoms with E-state index in [1.807, 2.05) is 13.8 Å². The molecular formula is C14H19BrN5O4+. The van der Waals surface area contributed by atoms with E-state index in [0.29, 0.717) is 21.7 Å². The highest BCUT2D eigenvalue weighted by molar-refractivity contribution is 9.10. The van der Waals surface area contributed by atoms with Crippen molar-refractivity contribution in [2.24, 2.45) is 7.05 Å². The van der Waals surface area contributed by atoms with Crippen LogP contribution in [0.4, 0.5) is 5.82 Å². The number of aliphatic hydroxyl groups is 1. The molecular weight excluding hydrogens is 382 g/mol. The second-order valence-electron chi connectivity index (χ2n) is 6.48. The van der Waals surface area contributed by atoms with Gasteiger partial charge in [0.25, 0.3) is 5.82 Å². The average Bonchev–Trinajstić information content (AvgIpc) is 3.11. The summed E-state index contributed by atoms with van der Waals surface area (Å²) in [6.07, 6.45) is -0.149. The number of hydrogen-bond donors (Lipinski definition) is 2. The van der Waals surface area contributed by atoms with Crippen LogP contribution in [0.25, 0.3) is 11.2 Å². The van der Waals surface area contributed by atoms with E-state index >= 15 is 0 Å². The molecule has 0 aliphatic carbocycles. The Hall–Kier alpha value is -1.33. The first-order valence-electron chi connectivity index (χ1n) is 7.62. The van der Waals surface area contributed by atoms with Crippen molar-refractivity contribution in [1.29, 1.82) is 0 Å². The van der Waals surface area contributed by atoms with Crippen molar-refractivity contribution in [1.82, 2.24) is 14.5 Å². The number of nitrogens with two attached hydrogens (primary N) is 1. The highest BCUT2D eigenvalue weighted by Crippen LogP contribution is 2.44. The SMILES string of the molecule is C[n+]1cnc2c(nc(Br)n2[C@@H]2O[C@H](CO)[C@H]3OC(C)(C)O[C@H]32)c1N. The first kappa shape index (κ1) is 16.2. The van der Waals surface area contributed by atoms with Crippen LogP contribution in [0.2, 0.25) is 0 Å². The molecule has 2 aromatic rings. The molecule has 2 aliphatic heterocycles. The van der Waals surface area contributed by atoms with Crippen LogP contribution in [-0.2, 0) is 21.3 Å². The molecule has 0 spiro atoms. The summed E-state index contributed by atoms with van der Waals surface area (Å²) in [7, 11) is 1.80. The van der Waals surface area contributed by atoms with E-state index in [4.69, 9.17) is 19.9 Å². The fraction of sp³-hybridized carbons (Fsp3) is 0.643. The van der Waals surface area contributed by atoms with Gasteiger partial charge in [0.05, 0.1) is 13.7 Å². The molecule has 2 saturated heterocycles. The molecule has 0 amide bonds. The quantitative estimate of drug-likeness (QED) is 0.539. The van der Waals surface area contributed by atoms with Crippen LogP contribution >= 0.6 is 15.9 Å². The first-order chi connectivity index (χ1) is 11.3. The van der Waals surface area contributed by atoms with E-state index in [1.165, 1.54) is 0 Å². The minimum atomic E-state index is -0.744. The molecule has 2 aromatic heterocycles. The van der Waals surface area contributed by atoms with Gasteiger partial charge in [-0.1, -0.05) is 4.98 Å². The van der Waals surface area contributed by atoms with Crippen LogP contribution in [0.1, 0.15) is 20.1 Å². The summed E-state index contributed by atoms with van der Waals surface area (Å²) >= 11 is 3.45. The summed E-state index contributed by atoms with van der Waals surface area (Å²) in [6.45, 7) is 3.52. The third-order valence-electron chi connectivity index (χ3n) is 4.38. The van der Waals surface area contributed by atoms with Crippen molar-refractivity contribution in [3.05, 3.63) is 11.1 Å². The molecule has 4 heterocycles. The number of nitrogens with zero attached hydrogens (tertiary/aromatic N) is 4. The number of nitrogen functional groups attached to an aromatic ring is 1. The Balaban J connectivity index is 1.83. The minimum Gasteiger partial charge on any atom is -0.394 e. The van der Waals surface area contributed by atoms with Gasteiger partial charge in [-0.15, -0.1) is 0 Å². The predicted octanol–water partition coefficient (Wildman–Crippen LogP) is 0.0103. The summed E-state index contributed by atoms with van der Waals surface area (Å²) < 4.78 is 21.9. The van der Waals surface area contributed by atoms with Crippen molar-refractivity contribution in [2.75, 3.05) is 12.3 Å². The summed E-state index contributed by atoms with van der Waals surface area (Å²) in [6, 6.07) is 0. The smallest absolute Gasteiger partial charge is 0.250 e. The van der Waals surface area contributed by atoms with E-state index in [2.05, 4.69) is 25.9 Å². The van der Waals surface area contributed by atoms with Gasteiger partial charge in [-0.3, -0.25) is 4.57 Å².